The number of nitrogens with one attached hydrogen (secondary N) is 1. The summed E-state index contributed by atoms with van der Waals surface area (Å²) in [6, 6.07) is 0. The van der Waals surface area contributed by atoms with E-state index in [1.807, 2.05) is 0 Å². The van der Waals surface area contributed by atoms with Gasteiger partial charge in [-0.15, -0.1) is 0 Å². The summed E-state index contributed by atoms with van der Waals surface area (Å²) in [6.07, 6.45) is 14.9. The van der Waals surface area contributed by atoms with Crippen LogP contribution in [0.1, 0.15) is 71.1 Å². The highest BCUT2D eigenvalue weighted by atomic mass is 14.9. The molecule has 0 radical (unpaired) electrons. The Hall–Kier alpha value is -0.0400. The molecule has 1 nitrogen and oxygen atoms in total. The topological polar surface area (TPSA) is 12.0 Å². The van der Waals surface area contributed by atoms with Gasteiger partial charge in [-0.05, 0) is 50.1 Å². The molecule has 0 saturated heterocycles. The maximum atomic E-state index is 3.69. The molecule has 2 aliphatic carbocycles. The van der Waals surface area contributed by atoms with E-state index in [-0.39, 0.29) is 0 Å². The standard InChI is InChI=1S/C16H31N/c1-2-12-17-13-15-10-4-3-5-11-16(15)14-8-6-7-9-14/h14-17H,2-13H2,1H3. The van der Waals surface area contributed by atoms with Gasteiger partial charge in [0, 0.05) is 0 Å². The summed E-state index contributed by atoms with van der Waals surface area (Å²) in [5.74, 6) is 3.14. The quantitative estimate of drug-likeness (QED) is 0.553. The predicted molar refractivity (Wildman–Crippen MR) is 75.2 cm³/mol. The van der Waals surface area contributed by atoms with Gasteiger partial charge in [0.1, 0.15) is 0 Å². The second-order valence-corrected chi connectivity index (χ2v) is 6.31. The van der Waals surface area contributed by atoms with Crippen molar-refractivity contribution in [3.8, 4) is 0 Å². The van der Waals surface area contributed by atoms with Crippen LogP contribution in [0.15, 0.2) is 0 Å². The monoisotopic (exact) mass is 237 g/mol. The largest absolute Gasteiger partial charge is 0.316 e. The van der Waals surface area contributed by atoms with E-state index < -0.39 is 0 Å². The van der Waals surface area contributed by atoms with E-state index in [1.165, 1.54) is 77.3 Å². The molecule has 0 aliphatic heterocycles. The van der Waals surface area contributed by atoms with Gasteiger partial charge in [-0.2, -0.15) is 0 Å². The van der Waals surface area contributed by atoms with Crippen molar-refractivity contribution in [1.29, 1.82) is 0 Å². The third-order valence-electron chi connectivity index (χ3n) is 5.06. The molecule has 0 heterocycles. The van der Waals surface area contributed by atoms with Gasteiger partial charge in [-0.25, -0.2) is 0 Å². The number of hydrogen-bond acceptors (Lipinski definition) is 1. The number of hydrogen-bond donors (Lipinski definition) is 1. The van der Waals surface area contributed by atoms with Crippen molar-refractivity contribution >= 4 is 0 Å². The molecule has 2 saturated carbocycles. The predicted octanol–water partition coefficient (Wildman–Crippen LogP) is 4.37. The molecule has 0 bridgehead atoms. The lowest BCUT2D eigenvalue weighted by atomic mass is 9.77. The summed E-state index contributed by atoms with van der Waals surface area (Å²) < 4.78 is 0. The highest BCUT2D eigenvalue weighted by Crippen LogP contribution is 2.41. The van der Waals surface area contributed by atoms with E-state index in [9.17, 15) is 0 Å². The Bertz CT molecular complexity index is 196. The Labute approximate surface area is 108 Å². The molecule has 1 heteroatoms. The lowest BCUT2D eigenvalue weighted by Gasteiger charge is -2.30. The summed E-state index contributed by atoms with van der Waals surface area (Å²) in [6.45, 7) is 4.79. The van der Waals surface area contributed by atoms with Crippen LogP contribution in [-0.4, -0.2) is 13.1 Å². The lowest BCUT2D eigenvalue weighted by Crippen LogP contribution is -2.31. The Morgan fingerprint density at radius 2 is 1.59 bits per heavy atom. The fourth-order valence-electron chi connectivity index (χ4n) is 4.14. The SMILES string of the molecule is CCCNCC1CCCCCC1C1CCCC1. The van der Waals surface area contributed by atoms with Gasteiger partial charge in [0.05, 0.1) is 0 Å². The molecule has 0 aromatic rings. The molecule has 17 heavy (non-hydrogen) atoms. The second kappa shape index (κ2) is 7.41. The van der Waals surface area contributed by atoms with E-state index >= 15 is 0 Å². The summed E-state index contributed by atoms with van der Waals surface area (Å²) in [7, 11) is 0. The fraction of sp³-hybridized carbons (Fsp3) is 1.00. The minimum atomic E-state index is 0.993. The van der Waals surface area contributed by atoms with Crippen LogP contribution in [-0.2, 0) is 0 Å². The highest BCUT2D eigenvalue weighted by Gasteiger charge is 2.31. The first-order valence-electron chi connectivity index (χ1n) is 8.12. The minimum Gasteiger partial charge on any atom is -0.316 e. The molecule has 0 aromatic heterocycles. The van der Waals surface area contributed by atoms with Crippen molar-refractivity contribution in [2.45, 2.75) is 71.1 Å². The molecule has 0 amide bonds. The van der Waals surface area contributed by atoms with Crippen LogP contribution in [0.4, 0.5) is 0 Å². The second-order valence-electron chi connectivity index (χ2n) is 6.31. The average Bonchev–Trinajstić information content (AvgIpc) is 2.77. The van der Waals surface area contributed by atoms with Crippen LogP contribution < -0.4 is 5.32 Å². The first kappa shape index (κ1) is 13.4. The third-order valence-corrected chi connectivity index (χ3v) is 5.06. The summed E-state index contributed by atoms with van der Waals surface area (Å²) in [4.78, 5) is 0. The molecule has 1 N–H and O–H groups in total. The van der Waals surface area contributed by atoms with E-state index in [0.717, 1.165) is 17.8 Å². The van der Waals surface area contributed by atoms with E-state index in [0.29, 0.717) is 0 Å². The van der Waals surface area contributed by atoms with E-state index in [4.69, 9.17) is 0 Å². The smallest absolute Gasteiger partial charge is 0.00178 e. The zero-order valence-corrected chi connectivity index (χ0v) is 11.7. The van der Waals surface area contributed by atoms with Crippen LogP contribution in [0.5, 0.6) is 0 Å². The molecule has 0 spiro atoms. The van der Waals surface area contributed by atoms with Crippen molar-refractivity contribution in [2.75, 3.05) is 13.1 Å². The lowest BCUT2D eigenvalue weighted by molar-refractivity contribution is 0.209. The van der Waals surface area contributed by atoms with Gasteiger partial charge in [0.25, 0.3) is 0 Å². The first-order chi connectivity index (χ1) is 8.42. The normalized spacial score (nSPS) is 31.6. The van der Waals surface area contributed by atoms with Gasteiger partial charge < -0.3 is 5.32 Å². The van der Waals surface area contributed by atoms with Crippen LogP contribution >= 0.6 is 0 Å². The van der Waals surface area contributed by atoms with Crippen LogP contribution in [0.2, 0.25) is 0 Å². The zero-order valence-electron chi connectivity index (χ0n) is 11.7. The summed E-state index contributed by atoms with van der Waals surface area (Å²) in [5, 5.41) is 3.69. The molecule has 2 rings (SSSR count). The average molecular weight is 237 g/mol. The van der Waals surface area contributed by atoms with Crippen LogP contribution in [0.25, 0.3) is 0 Å². The fourth-order valence-corrected chi connectivity index (χ4v) is 4.14. The summed E-state index contributed by atoms with van der Waals surface area (Å²) >= 11 is 0. The Balaban J connectivity index is 1.86. The van der Waals surface area contributed by atoms with Crippen molar-refractivity contribution < 1.29 is 0 Å². The van der Waals surface area contributed by atoms with Crippen LogP contribution in [0, 0.1) is 17.8 Å². The van der Waals surface area contributed by atoms with Gasteiger partial charge >= 0.3 is 0 Å². The Morgan fingerprint density at radius 3 is 2.35 bits per heavy atom. The van der Waals surface area contributed by atoms with Crippen molar-refractivity contribution in [3.05, 3.63) is 0 Å². The highest BCUT2D eigenvalue weighted by molar-refractivity contribution is 4.83. The minimum absolute atomic E-state index is 0.993. The molecule has 2 unspecified atom stereocenters. The van der Waals surface area contributed by atoms with E-state index in [2.05, 4.69) is 12.2 Å². The maximum Gasteiger partial charge on any atom is -0.00178 e. The first-order valence-corrected chi connectivity index (χ1v) is 8.12. The zero-order chi connectivity index (χ0) is 11.9. The van der Waals surface area contributed by atoms with E-state index in [1.54, 1.807) is 0 Å². The third kappa shape index (κ3) is 3.98. The maximum absolute atomic E-state index is 3.69. The Morgan fingerprint density at radius 1 is 0.882 bits per heavy atom. The van der Waals surface area contributed by atoms with Crippen molar-refractivity contribution in [1.82, 2.24) is 5.32 Å². The molecule has 2 aliphatic rings. The molecule has 100 valence electrons. The Kier molecular flexibility index (Phi) is 5.84. The molecular formula is C16H31N. The van der Waals surface area contributed by atoms with Gasteiger partial charge in [0.2, 0.25) is 0 Å². The molecular weight excluding hydrogens is 206 g/mol. The molecule has 0 aromatic carbocycles. The van der Waals surface area contributed by atoms with Crippen molar-refractivity contribution in [2.24, 2.45) is 17.8 Å². The van der Waals surface area contributed by atoms with Crippen LogP contribution in [0.3, 0.4) is 0 Å². The molecule has 2 atom stereocenters. The summed E-state index contributed by atoms with van der Waals surface area (Å²) in [5.41, 5.74) is 0. The van der Waals surface area contributed by atoms with Gasteiger partial charge in [-0.3, -0.25) is 0 Å². The number of rotatable bonds is 5. The molecule has 2 fully saturated rings. The van der Waals surface area contributed by atoms with Gasteiger partial charge in [-0.1, -0.05) is 51.9 Å². The van der Waals surface area contributed by atoms with Crippen molar-refractivity contribution in [3.63, 3.8) is 0 Å². The van der Waals surface area contributed by atoms with Gasteiger partial charge in [0.15, 0.2) is 0 Å².